The van der Waals surface area contributed by atoms with Gasteiger partial charge in [0.15, 0.2) is 0 Å². The average Bonchev–Trinajstić information content (AvgIpc) is 2.61. The average molecular weight is 317 g/mol. The van der Waals surface area contributed by atoms with E-state index in [0.717, 1.165) is 35.6 Å². The molecule has 24 heavy (non-hydrogen) atoms. The molecule has 4 rings (SSSR count). The van der Waals surface area contributed by atoms with E-state index in [9.17, 15) is 0 Å². The fourth-order valence-corrected chi connectivity index (χ4v) is 2.66. The number of hydrogen-bond donors (Lipinski definition) is 0. The fourth-order valence-electron chi connectivity index (χ4n) is 2.66. The zero-order valence-corrected chi connectivity index (χ0v) is 13.4. The molecule has 0 radical (unpaired) electrons. The van der Waals surface area contributed by atoms with E-state index >= 15 is 0 Å². The minimum atomic E-state index is 0.527. The molecule has 0 N–H and O–H groups in total. The van der Waals surface area contributed by atoms with Crippen LogP contribution >= 0.6 is 0 Å². The Kier molecular flexibility index (Phi) is 4.11. The van der Waals surface area contributed by atoms with Crippen molar-refractivity contribution in [1.29, 1.82) is 0 Å². The summed E-state index contributed by atoms with van der Waals surface area (Å²) in [5, 5.41) is 0. The molecule has 0 unspecified atom stereocenters. The van der Waals surface area contributed by atoms with Crippen molar-refractivity contribution in [3.8, 4) is 17.0 Å². The van der Waals surface area contributed by atoms with Crippen LogP contribution in [0.15, 0.2) is 67.0 Å². The Morgan fingerprint density at radius 3 is 2.17 bits per heavy atom. The number of hydrogen-bond acceptors (Lipinski definition) is 4. The highest BCUT2D eigenvalue weighted by atomic mass is 16.5. The van der Waals surface area contributed by atoms with E-state index in [2.05, 4.69) is 27.0 Å². The van der Waals surface area contributed by atoms with Crippen molar-refractivity contribution in [1.82, 2.24) is 9.97 Å². The smallest absolute Gasteiger partial charge is 0.213 e. The van der Waals surface area contributed by atoms with Gasteiger partial charge in [0.05, 0.1) is 0 Å². The summed E-state index contributed by atoms with van der Waals surface area (Å²) in [6.07, 6.45) is 5.01. The molecular formula is C20H19N3O. The number of ether oxygens (including phenoxy) is 1. The monoisotopic (exact) mass is 317 g/mol. The van der Waals surface area contributed by atoms with Crippen molar-refractivity contribution in [3.05, 3.63) is 72.6 Å². The van der Waals surface area contributed by atoms with Crippen LogP contribution in [-0.2, 0) is 6.61 Å². The normalized spacial score (nSPS) is 13.4. The number of benzene rings is 1. The summed E-state index contributed by atoms with van der Waals surface area (Å²) in [5.41, 5.74) is 3.25. The highest BCUT2D eigenvalue weighted by Gasteiger charge is 2.15. The van der Waals surface area contributed by atoms with Crippen molar-refractivity contribution in [2.24, 2.45) is 0 Å². The molecular weight excluding hydrogens is 298 g/mol. The first-order valence-electron chi connectivity index (χ1n) is 8.23. The van der Waals surface area contributed by atoms with E-state index in [4.69, 9.17) is 4.74 Å². The van der Waals surface area contributed by atoms with Gasteiger partial charge in [-0.25, -0.2) is 9.97 Å². The van der Waals surface area contributed by atoms with Gasteiger partial charge in [-0.1, -0.05) is 30.3 Å². The Balaban J connectivity index is 1.41. The third-order valence-electron chi connectivity index (χ3n) is 4.23. The highest BCUT2D eigenvalue weighted by Crippen LogP contribution is 2.23. The van der Waals surface area contributed by atoms with Gasteiger partial charge in [0.2, 0.25) is 5.88 Å². The van der Waals surface area contributed by atoms with Crippen molar-refractivity contribution < 1.29 is 4.74 Å². The molecule has 120 valence electrons. The maximum atomic E-state index is 5.72. The van der Waals surface area contributed by atoms with Crippen molar-refractivity contribution >= 4 is 5.82 Å². The first-order chi connectivity index (χ1) is 11.9. The molecule has 2 aromatic heterocycles. The molecule has 0 amide bonds. The van der Waals surface area contributed by atoms with E-state index < -0.39 is 0 Å². The van der Waals surface area contributed by atoms with E-state index in [1.165, 1.54) is 6.42 Å². The van der Waals surface area contributed by atoms with Gasteiger partial charge >= 0.3 is 0 Å². The van der Waals surface area contributed by atoms with Gasteiger partial charge in [0.25, 0.3) is 0 Å². The SMILES string of the molecule is c1ccc(COc2ccc(-c3ccc(N4CCC4)nc3)cn2)cc1. The zero-order chi connectivity index (χ0) is 16.2. The summed E-state index contributed by atoms with van der Waals surface area (Å²) in [6, 6.07) is 18.2. The fraction of sp³-hybridized carbons (Fsp3) is 0.200. The largest absolute Gasteiger partial charge is 0.473 e. The van der Waals surface area contributed by atoms with Crippen LogP contribution in [0.1, 0.15) is 12.0 Å². The minimum Gasteiger partial charge on any atom is -0.473 e. The summed E-state index contributed by atoms with van der Waals surface area (Å²) < 4.78 is 5.72. The molecule has 3 heterocycles. The van der Waals surface area contributed by atoms with Crippen LogP contribution in [0.5, 0.6) is 5.88 Å². The molecule has 0 saturated carbocycles. The molecule has 3 aromatic rings. The van der Waals surface area contributed by atoms with Crippen LogP contribution in [0.4, 0.5) is 5.82 Å². The van der Waals surface area contributed by atoms with Crippen LogP contribution in [0.25, 0.3) is 11.1 Å². The second-order valence-electron chi connectivity index (χ2n) is 5.91. The van der Waals surface area contributed by atoms with Crippen molar-refractivity contribution in [3.63, 3.8) is 0 Å². The standard InChI is InChI=1S/C20H19N3O/c1-2-5-16(6-3-1)15-24-20-10-8-18(14-22-20)17-7-9-19(21-13-17)23-11-4-12-23/h1-3,5-10,13-14H,4,11-12,15H2. The second kappa shape index (κ2) is 6.71. The molecule has 4 heteroatoms. The highest BCUT2D eigenvalue weighted by molar-refractivity contribution is 5.63. The Morgan fingerprint density at radius 2 is 1.58 bits per heavy atom. The van der Waals surface area contributed by atoms with Gasteiger partial charge in [0.1, 0.15) is 12.4 Å². The van der Waals surface area contributed by atoms with Crippen LogP contribution in [-0.4, -0.2) is 23.1 Å². The summed E-state index contributed by atoms with van der Waals surface area (Å²) in [7, 11) is 0. The lowest BCUT2D eigenvalue weighted by Crippen LogP contribution is -2.37. The predicted octanol–water partition coefficient (Wildman–Crippen LogP) is 3.93. The molecule has 1 saturated heterocycles. The van der Waals surface area contributed by atoms with E-state index in [1.54, 1.807) is 0 Å². The topological polar surface area (TPSA) is 38.2 Å². The van der Waals surface area contributed by atoms with Gasteiger partial charge in [-0.05, 0) is 30.2 Å². The molecule has 1 aliphatic heterocycles. The van der Waals surface area contributed by atoms with Crippen LogP contribution in [0, 0.1) is 0 Å². The lowest BCUT2D eigenvalue weighted by Gasteiger charge is -2.31. The summed E-state index contributed by atoms with van der Waals surface area (Å²) in [6.45, 7) is 2.75. The second-order valence-corrected chi connectivity index (χ2v) is 5.91. The first-order valence-corrected chi connectivity index (χ1v) is 8.23. The summed E-state index contributed by atoms with van der Waals surface area (Å²) in [5.74, 6) is 1.69. The molecule has 0 spiro atoms. The van der Waals surface area contributed by atoms with Gasteiger partial charge in [-0.2, -0.15) is 0 Å². The molecule has 1 aromatic carbocycles. The Hall–Kier alpha value is -2.88. The van der Waals surface area contributed by atoms with Crippen LogP contribution in [0.2, 0.25) is 0 Å². The summed E-state index contributed by atoms with van der Waals surface area (Å²) in [4.78, 5) is 11.2. The van der Waals surface area contributed by atoms with Crippen molar-refractivity contribution in [2.75, 3.05) is 18.0 Å². The molecule has 0 bridgehead atoms. The molecule has 0 atom stereocenters. The van der Waals surface area contributed by atoms with Gasteiger partial charge in [-0.3, -0.25) is 0 Å². The van der Waals surface area contributed by atoms with Gasteiger partial charge < -0.3 is 9.64 Å². The Bertz CT molecular complexity index is 781. The number of nitrogens with zero attached hydrogens (tertiary/aromatic N) is 3. The number of pyridine rings is 2. The van der Waals surface area contributed by atoms with Gasteiger partial charge in [0, 0.05) is 42.7 Å². The first kappa shape index (κ1) is 14.7. The van der Waals surface area contributed by atoms with E-state index in [1.807, 2.05) is 54.9 Å². The quantitative estimate of drug-likeness (QED) is 0.714. The Labute approximate surface area is 141 Å². The predicted molar refractivity (Wildman–Crippen MR) is 95.1 cm³/mol. The minimum absolute atomic E-state index is 0.527. The zero-order valence-electron chi connectivity index (χ0n) is 13.4. The van der Waals surface area contributed by atoms with Crippen molar-refractivity contribution in [2.45, 2.75) is 13.0 Å². The third kappa shape index (κ3) is 3.23. The van der Waals surface area contributed by atoms with E-state index in [-0.39, 0.29) is 0 Å². The Morgan fingerprint density at radius 1 is 0.833 bits per heavy atom. The maximum Gasteiger partial charge on any atom is 0.213 e. The van der Waals surface area contributed by atoms with E-state index in [0.29, 0.717) is 12.5 Å². The third-order valence-corrected chi connectivity index (χ3v) is 4.23. The summed E-state index contributed by atoms with van der Waals surface area (Å²) >= 11 is 0. The number of anilines is 1. The molecule has 1 aliphatic rings. The molecule has 4 nitrogen and oxygen atoms in total. The molecule has 1 fully saturated rings. The molecule has 0 aliphatic carbocycles. The van der Waals surface area contributed by atoms with Crippen LogP contribution < -0.4 is 9.64 Å². The number of aromatic nitrogens is 2. The lowest BCUT2D eigenvalue weighted by atomic mass is 10.1. The maximum absolute atomic E-state index is 5.72. The van der Waals surface area contributed by atoms with Gasteiger partial charge in [-0.15, -0.1) is 0 Å². The number of rotatable bonds is 5. The van der Waals surface area contributed by atoms with Crippen LogP contribution in [0.3, 0.4) is 0 Å². The lowest BCUT2D eigenvalue weighted by molar-refractivity contribution is 0.294.